The number of carbonyl (C=O) groups is 1. The van der Waals surface area contributed by atoms with Gasteiger partial charge >= 0.3 is 6.03 Å². The van der Waals surface area contributed by atoms with Crippen molar-refractivity contribution in [2.75, 3.05) is 13.2 Å². The Bertz CT molecular complexity index is 724. The number of hydrogen-bond acceptors (Lipinski definition) is 3. The van der Waals surface area contributed by atoms with Gasteiger partial charge in [-0.15, -0.1) is 0 Å². The Morgan fingerprint density at radius 2 is 2.20 bits per heavy atom. The van der Waals surface area contributed by atoms with E-state index in [1.807, 2.05) is 24.3 Å². The number of halogens is 1. The summed E-state index contributed by atoms with van der Waals surface area (Å²) in [5.74, 6) is -0.313. The molecule has 0 saturated heterocycles. The number of urea groups is 1. The van der Waals surface area contributed by atoms with Gasteiger partial charge in [-0.3, -0.25) is 4.98 Å². The summed E-state index contributed by atoms with van der Waals surface area (Å²) in [5.41, 5.74) is 2.42. The predicted molar refractivity (Wildman–Crippen MR) is 92.5 cm³/mol. The lowest BCUT2D eigenvalue weighted by atomic mass is 10.0. The number of nitrogens with one attached hydrogen (secondary N) is 2. The van der Waals surface area contributed by atoms with Crippen LogP contribution in [0.1, 0.15) is 29.3 Å². The second-order valence-electron chi connectivity index (χ2n) is 6.33. The molecule has 6 heteroatoms. The molecule has 1 aliphatic rings. The SMILES string of the molecule is O=C(NCC(CO)Cc1ccccn1)NC1CCc2c(F)cccc21. The molecule has 2 atom stereocenters. The summed E-state index contributed by atoms with van der Waals surface area (Å²) in [7, 11) is 0. The van der Waals surface area contributed by atoms with Crippen LogP contribution in [0.25, 0.3) is 0 Å². The zero-order valence-electron chi connectivity index (χ0n) is 13.9. The average Bonchev–Trinajstić information content (AvgIpc) is 3.04. The molecule has 3 N–H and O–H groups in total. The van der Waals surface area contributed by atoms with Crippen LogP contribution in [0.2, 0.25) is 0 Å². The van der Waals surface area contributed by atoms with Gasteiger partial charge in [0.1, 0.15) is 5.82 Å². The first-order valence-corrected chi connectivity index (χ1v) is 8.49. The van der Waals surface area contributed by atoms with E-state index in [1.165, 1.54) is 6.07 Å². The van der Waals surface area contributed by atoms with E-state index in [0.717, 1.165) is 11.3 Å². The number of rotatable bonds is 6. The Morgan fingerprint density at radius 3 is 2.96 bits per heavy atom. The van der Waals surface area contributed by atoms with Crippen LogP contribution in [-0.2, 0) is 12.8 Å². The highest BCUT2D eigenvalue weighted by molar-refractivity contribution is 5.74. The van der Waals surface area contributed by atoms with Crippen molar-refractivity contribution >= 4 is 6.03 Å². The third-order valence-corrected chi connectivity index (χ3v) is 4.55. The Kier molecular flexibility index (Phi) is 5.60. The summed E-state index contributed by atoms with van der Waals surface area (Å²) < 4.78 is 13.7. The largest absolute Gasteiger partial charge is 0.396 e. The predicted octanol–water partition coefficient (Wildman–Crippen LogP) is 2.36. The molecular weight excluding hydrogens is 321 g/mol. The summed E-state index contributed by atoms with van der Waals surface area (Å²) in [6.07, 6.45) is 3.63. The highest BCUT2D eigenvalue weighted by Gasteiger charge is 2.26. The van der Waals surface area contributed by atoms with Crippen LogP contribution in [0.5, 0.6) is 0 Å². The van der Waals surface area contributed by atoms with Crippen molar-refractivity contribution in [3.63, 3.8) is 0 Å². The third-order valence-electron chi connectivity index (χ3n) is 4.55. The highest BCUT2D eigenvalue weighted by atomic mass is 19.1. The van der Waals surface area contributed by atoms with Crippen molar-refractivity contribution in [1.82, 2.24) is 15.6 Å². The van der Waals surface area contributed by atoms with E-state index >= 15 is 0 Å². The number of aliphatic hydroxyl groups is 1. The topological polar surface area (TPSA) is 74.2 Å². The molecule has 0 spiro atoms. The van der Waals surface area contributed by atoms with E-state index in [1.54, 1.807) is 12.3 Å². The zero-order valence-corrected chi connectivity index (χ0v) is 13.9. The van der Waals surface area contributed by atoms with E-state index in [4.69, 9.17) is 0 Å². The summed E-state index contributed by atoms with van der Waals surface area (Å²) in [4.78, 5) is 16.4. The minimum absolute atomic E-state index is 0.0334. The Balaban J connectivity index is 1.51. The summed E-state index contributed by atoms with van der Waals surface area (Å²) in [6, 6.07) is 10.1. The number of fused-ring (bicyclic) bond motifs is 1. The van der Waals surface area contributed by atoms with Gasteiger partial charge in [0.15, 0.2) is 0 Å². The van der Waals surface area contributed by atoms with Gasteiger partial charge in [0, 0.05) is 31.0 Å². The smallest absolute Gasteiger partial charge is 0.315 e. The van der Waals surface area contributed by atoms with Gasteiger partial charge in [0.2, 0.25) is 0 Å². The van der Waals surface area contributed by atoms with E-state index in [-0.39, 0.29) is 30.4 Å². The monoisotopic (exact) mass is 343 g/mol. The molecule has 1 aliphatic carbocycles. The molecule has 1 heterocycles. The first-order chi connectivity index (χ1) is 12.2. The fourth-order valence-electron chi connectivity index (χ4n) is 3.22. The number of aromatic nitrogens is 1. The number of aliphatic hydroxyl groups excluding tert-OH is 1. The first kappa shape index (κ1) is 17.4. The van der Waals surface area contributed by atoms with Gasteiger partial charge in [-0.1, -0.05) is 18.2 Å². The fourth-order valence-corrected chi connectivity index (χ4v) is 3.22. The molecule has 1 aromatic carbocycles. The molecule has 0 fully saturated rings. The number of benzene rings is 1. The van der Waals surface area contributed by atoms with Crippen LogP contribution in [-0.4, -0.2) is 29.3 Å². The Labute approximate surface area is 146 Å². The first-order valence-electron chi connectivity index (χ1n) is 8.49. The number of amides is 2. The number of hydrogen-bond donors (Lipinski definition) is 3. The Hall–Kier alpha value is -2.47. The average molecular weight is 343 g/mol. The maximum absolute atomic E-state index is 13.7. The molecule has 132 valence electrons. The lowest BCUT2D eigenvalue weighted by Crippen LogP contribution is -2.40. The molecule has 2 aromatic rings. The molecular formula is C19H22FN3O2. The maximum atomic E-state index is 13.7. The van der Waals surface area contributed by atoms with Crippen LogP contribution in [0.3, 0.4) is 0 Å². The van der Waals surface area contributed by atoms with Crippen LogP contribution >= 0.6 is 0 Å². The van der Waals surface area contributed by atoms with Crippen molar-refractivity contribution in [3.8, 4) is 0 Å². The Morgan fingerprint density at radius 1 is 1.32 bits per heavy atom. The molecule has 0 saturated carbocycles. The molecule has 2 unspecified atom stereocenters. The highest BCUT2D eigenvalue weighted by Crippen LogP contribution is 2.32. The number of nitrogens with zero attached hydrogens (tertiary/aromatic N) is 1. The second kappa shape index (κ2) is 8.07. The molecule has 2 amide bonds. The van der Waals surface area contributed by atoms with Gasteiger partial charge in [-0.05, 0) is 48.6 Å². The minimum atomic E-state index is -0.304. The van der Waals surface area contributed by atoms with Gasteiger partial charge in [-0.25, -0.2) is 9.18 Å². The quantitative estimate of drug-likeness (QED) is 0.754. The molecule has 5 nitrogen and oxygen atoms in total. The van der Waals surface area contributed by atoms with Crippen molar-refractivity contribution in [1.29, 1.82) is 0 Å². The second-order valence-corrected chi connectivity index (χ2v) is 6.33. The van der Waals surface area contributed by atoms with Gasteiger partial charge in [0.05, 0.1) is 6.04 Å². The van der Waals surface area contributed by atoms with Gasteiger partial charge < -0.3 is 15.7 Å². The molecule has 0 radical (unpaired) electrons. The van der Waals surface area contributed by atoms with E-state index in [9.17, 15) is 14.3 Å². The molecule has 1 aromatic heterocycles. The standard InChI is InChI=1S/C19H22FN3O2/c20-17-6-3-5-16-15(17)7-8-18(16)23-19(25)22-11-13(12-24)10-14-4-1-2-9-21-14/h1-6,9,13,18,24H,7-8,10-12H2,(H2,22,23,25). The van der Waals surface area contributed by atoms with Crippen molar-refractivity contribution in [3.05, 3.63) is 65.2 Å². The zero-order chi connectivity index (χ0) is 17.6. The molecule has 0 bridgehead atoms. The third kappa shape index (κ3) is 4.33. The summed E-state index contributed by atoms with van der Waals surface area (Å²) >= 11 is 0. The normalized spacial score (nSPS) is 17.0. The van der Waals surface area contributed by atoms with Crippen molar-refractivity contribution < 1.29 is 14.3 Å². The van der Waals surface area contributed by atoms with E-state index in [0.29, 0.717) is 31.4 Å². The summed E-state index contributed by atoms with van der Waals surface area (Å²) in [5, 5.41) is 15.2. The van der Waals surface area contributed by atoms with Gasteiger partial charge in [0.25, 0.3) is 0 Å². The van der Waals surface area contributed by atoms with E-state index in [2.05, 4.69) is 15.6 Å². The van der Waals surface area contributed by atoms with E-state index < -0.39 is 0 Å². The van der Waals surface area contributed by atoms with Crippen molar-refractivity contribution in [2.24, 2.45) is 5.92 Å². The number of pyridine rings is 1. The minimum Gasteiger partial charge on any atom is -0.396 e. The lowest BCUT2D eigenvalue weighted by molar-refractivity contribution is 0.212. The number of carbonyl (C=O) groups excluding carboxylic acids is 1. The van der Waals surface area contributed by atoms with Crippen LogP contribution in [0.4, 0.5) is 9.18 Å². The van der Waals surface area contributed by atoms with Gasteiger partial charge in [-0.2, -0.15) is 0 Å². The van der Waals surface area contributed by atoms with Crippen LogP contribution in [0.15, 0.2) is 42.6 Å². The fraction of sp³-hybridized carbons (Fsp3) is 0.368. The molecule has 3 rings (SSSR count). The molecule has 0 aliphatic heterocycles. The maximum Gasteiger partial charge on any atom is 0.315 e. The lowest BCUT2D eigenvalue weighted by Gasteiger charge is -2.18. The van der Waals surface area contributed by atoms with Crippen LogP contribution < -0.4 is 10.6 Å². The van der Waals surface area contributed by atoms with Crippen LogP contribution in [0, 0.1) is 11.7 Å². The summed E-state index contributed by atoms with van der Waals surface area (Å²) in [6.45, 7) is 0.315. The van der Waals surface area contributed by atoms with Crippen molar-refractivity contribution in [2.45, 2.75) is 25.3 Å². The molecule has 25 heavy (non-hydrogen) atoms.